The van der Waals surface area contributed by atoms with Gasteiger partial charge in [0.15, 0.2) is 5.76 Å². The molecule has 0 aromatic heterocycles. The summed E-state index contributed by atoms with van der Waals surface area (Å²) >= 11 is 0. The monoisotopic (exact) mass is 476 g/mol. The molecule has 1 fully saturated rings. The molecule has 3 aromatic rings. The van der Waals surface area contributed by atoms with Crippen molar-refractivity contribution in [2.45, 2.75) is 44.4 Å². The Morgan fingerprint density at radius 1 is 0.629 bits per heavy atom. The molecular weight excluding hydrogens is 444 g/mol. The van der Waals surface area contributed by atoms with Gasteiger partial charge >= 0.3 is 0 Å². The summed E-state index contributed by atoms with van der Waals surface area (Å²) in [5.74, 6) is 0.493. The van der Waals surface area contributed by atoms with E-state index in [0.29, 0.717) is 25.6 Å². The minimum atomic E-state index is -0.697. The van der Waals surface area contributed by atoms with Crippen LogP contribution in [0.5, 0.6) is 0 Å². The van der Waals surface area contributed by atoms with Gasteiger partial charge < -0.3 is 28.4 Å². The first-order valence-electron chi connectivity index (χ1n) is 11.7. The lowest BCUT2D eigenvalue weighted by Gasteiger charge is -2.42. The summed E-state index contributed by atoms with van der Waals surface area (Å²) in [6.07, 6.45) is -0.779. The van der Waals surface area contributed by atoms with Gasteiger partial charge in [-0.25, -0.2) is 0 Å². The van der Waals surface area contributed by atoms with Crippen LogP contribution in [0.4, 0.5) is 0 Å². The van der Waals surface area contributed by atoms with Gasteiger partial charge in [-0.2, -0.15) is 0 Å². The molecule has 3 aromatic carbocycles. The minimum Gasteiger partial charge on any atom is -0.501 e. The number of rotatable bonds is 11. The normalized spacial score (nSPS) is 23.1. The standard InChI is InChI=1S/C29H32O6/c1-30-21-25-26(32-18-22-12-6-3-7-13-22)27(33-19-23-14-8-4-9-15-23)28(29(31-2)35-25)34-20-24-16-10-5-11-17-24/h3-17,21,26-29H,18-20H2,1-2H3/b25-21-/t26-,27+,28-,29+/m1/s1. The predicted molar refractivity (Wildman–Crippen MR) is 132 cm³/mol. The molecule has 0 N–H and O–H groups in total. The van der Waals surface area contributed by atoms with Crippen molar-refractivity contribution >= 4 is 0 Å². The molecule has 1 saturated heterocycles. The SMILES string of the molecule is CO/C=C1\O[C@H](OC)[C@H](OCc2ccccc2)[C@@H](OCc2ccccc2)[C@@H]1OCc1ccccc1. The van der Waals surface area contributed by atoms with Gasteiger partial charge in [-0.15, -0.1) is 0 Å². The lowest BCUT2D eigenvalue weighted by molar-refractivity contribution is -0.271. The molecule has 0 spiro atoms. The topological polar surface area (TPSA) is 55.4 Å². The smallest absolute Gasteiger partial charge is 0.228 e. The van der Waals surface area contributed by atoms with Crippen LogP contribution >= 0.6 is 0 Å². The zero-order valence-corrected chi connectivity index (χ0v) is 20.1. The third-order valence-corrected chi connectivity index (χ3v) is 5.73. The maximum atomic E-state index is 6.47. The first-order chi connectivity index (χ1) is 17.3. The van der Waals surface area contributed by atoms with Crippen LogP contribution in [-0.2, 0) is 48.2 Å². The van der Waals surface area contributed by atoms with Crippen LogP contribution in [0.2, 0.25) is 0 Å². The molecule has 0 amide bonds. The molecule has 1 aliphatic rings. The van der Waals surface area contributed by atoms with E-state index in [9.17, 15) is 0 Å². The second-order valence-electron chi connectivity index (χ2n) is 8.22. The fourth-order valence-corrected chi connectivity index (χ4v) is 3.98. The van der Waals surface area contributed by atoms with Crippen LogP contribution in [-0.4, -0.2) is 38.8 Å². The number of hydrogen-bond donors (Lipinski definition) is 0. The molecule has 4 atom stereocenters. The van der Waals surface area contributed by atoms with E-state index in [2.05, 4.69) is 0 Å². The predicted octanol–water partition coefficient (Wildman–Crippen LogP) is 5.23. The fourth-order valence-electron chi connectivity index (χ4n) is 3.98. The Bertz CT molecular complexity index is 1020. The van der Waals surface area contributed by atoms with E-state index in [1.807, 2.05) is 91.0 Å². The highest BCUT2D eigenvalue weighted by molar-refractivity contribution is 5.17. The molecule has 4 rings (SSSR count). The van der Waals surface area contributed by atoms with Gasteiger partial charge in [0.2, 0.25) is 6.29 Å². The van der Waals surface area contributed by atoms with Crippen molar-refractivity contribution in [3.05, 3.63) is 120 Å². The van der Waals surface area contributed by atoms with Gasteiger partial charge in [-0.05, 0) is 16.7 Å². The zero-order valence-electron chi connectivity index (χ0n) is 20.1. The Morgan fingerprint density at radius 2 is 1.09 bits per heavy atom. The summed E-state index contributed by atoms with van der Waals surface area (Å²) in [4.78, 5) is 0. The molecule has 0 aliphatic carbocycles. The van der Waals surface area contributed by atoms with Gasteiger partial charge in [-0.3, -0.25) is 0 Å². The van der Waals surface area contributed by atoms with Crippen molar-refractivity contribution in [2.75, 3.05) is 14.2 Å². The number of hydrogen-bond acceptors (Lipinski definition) is 6. The Balaban J connectivity index is 1.60. The first kappa shape index (κ1) is 24.9. The number of methoxy groups -OCH3 is 2. The molecule has 1 heterocycles. The molecule has 184 valence electrons. The molecule has 6 nitrogen and oxygen atoms in total. The van der Waals surface area contributed by atoms with Crippen LogP contribution in [0.15, 0.2) is 103 Å². The largest absolute Gasteiger partial charge is 0.501 e. The van der Waals surface area contributed by atoms with E-state index in [1.54, 1.807) is 14.2 Å². The van der Waals surface area contributed by atoms with Crippen molar-refractivity contribution in [1.29, 1.82) is 0 Å². The maximum absolute atomic E-state index is 6.47. The number of benzene rings is 3. The van der Waals surface area contributed by atoms with Crippen molar-refractivity contribution in [1.82, 2.24) is 0 Å². The highest BCUT2D eigenvalue weighted by Gasteiger charge is 2.47. The van der Waals surface area contributed by atoms with Gasteiger partial charge in [-0.1, -0.05) is 91.0 Å². The molecule has 0 unspecified atom stereocenters. The van der Waals surface area contributed by atoms with Crippen LogP contribution in [0.25, 0.3) is 0 Å². The lowest BCUT2D eigenvalue weighted by Crippen LogP contribution is -2.55. The zero-order chi connectivity index (χ0) is 24.3. The minimum absolute atomic E-state index is 0.379. The Labute approximate surface area is 207 Å². The molecule has 35 heavy (non-hydrogen) atoms. The first-order valence-corrected chi connectivity index (χ1v) is 11.7. The average Bonchev–Trinajstić information content (AvgIpc) is 2.92. The van der Waals surface area contributed by atoms with E-state index in [4.69, 9.17) is 28.4 Å². The van der Waals surface area contributed by atoms with Crippen molar-refractivity contribution < 1.29 is 28.4 Å². The quantitative estimate of drug-likeness (QED) is 0.353. The van der Waals surface area contributed by atoms with Crippen molar-refractivity contribution in [3.8, 4) is 0 Å². The average molecular weight is 477 g/mol. The van der Waals surface area contributed by atoms with E-state index >= 15 is 0 Å². The van der Waals surface area contributed by atoms with E-state index < -0.39 is 24.6 Å². The highest BCUT2D eigenvalue weighted by atomic mass is 16.7. The van der Waals surface area contributed by atoms with Crippen LogP contribution in [0, 0.1) is 0 Å². The van der Waals surface area contributed by atoms with Gasteiger partial charge in [0, 0.05) is 7.11 Å². The number of ether oxygens (including phenoxy) is 6. The summed E-state index contributed by atoms with van der Waals surface area (Å²) < 4.78 is 36.3. The van der Waals surface area contributed by atoms with Crippen LogP contribution < -0.4 is 0 Å². The molecule has 0 saturated carbocycles. The molecule has 0 radical (unpaired) electrons. The fraction of sp³-hybridized carbons (Fsp3) is 0.310. The lowest BCUT2D eigenvalue weighted by atomic mass is 10.0. The summed E-state index contributed by atoms with van der Waals surface area (Å²) in [7, 11) is 3.16. The summed E-state index contributed by atoms with van der Waals surface area (Å²) in [6.45, 7) is 1.15. The third kappa shape index (κ3) is 6.93. The van der Waals surface area contributed by atoms with Gasteiger partial charge in [0.05, 0.1) is 26.9 Å². The second kappa shape index (κ2) is 13.1. The molecule has 0 bridgehead atoms. The molecule has 6 heteroatoms. The highest BCUT2D eigenvalue weighted by Crippen LogP contribution is 2.32. The van der Waals surface area contributed by atoms with Gasteiger partial charge in [0.1, 0.15) is 24.6 Å². The summed E-state index contributed by atoms with van der Waals surface area (Å²) in [6, 6.07) is 30.0. The van der Waals surface area contributed by atoms with E-state index in [1.165, 1.54) is 6.26 Å². The Kier molecular flexibility index (Phi) is 9.32. The Hall–Kier alpha value is -3.16. The van der Waals surface area contributed by atoms with Crippen LogP contribution in [0.3, 0.4) is 0 Å². The summed E-state index contributed by atoms with van der Waals surface area (Å²) in [5, 5.41) is 0. The van der Waals surface area contributed by atoms with Gasteiger partial charge in [0.25, 0.3) is 0 Å². The van der Waals surface area contributed by atoms with Crippen molar-refractivity contribution in [2.24, 2.45) is 0 Å². The summed E-state index contributed by atoms with van der Waals surface area (Å²) in [5.41, 5.74) is 3.14. The Morgan fingerprint density at radius 3 is 1.54 bits per heavy atom. The van der Waals surface area contributed by atoms with E-state index in [-0.39, 0.29) is 0 Å². The molecular formula is C29H32O6. The third-order valence-electron chi connectivity index (χ3n) is 5.73. The van der Waals surface area contributed by atoms with E-state index in [0.717, 1.165) is 16.7 Å². The van der Waals surface area contributed by atoms with Crippen LogP contribution in [0.1, 0.15) is 16.7 Å². The second-order valence-corrected chi connectivity index (χ2v) is 8.22. The van der Waals surface area contributed by atoms with Crippen molar-refractivity contribution in [3.63, 3.8) is 0 Å². The molecule has 1 aliphatic heterocycles. The maximum Gasteiger partial charge on any atom is 0.228 e.